The third-order valence-electron chi connectivity index (χ3n) is 6.87. The minimum absolute atomic E-state index is 0.0934. The highest BCUT2D eigenvalue weighted by atomic mass is 16.5. The van der Waals surface area contributed by atoms with Crippen LogP contribution < -0.4 is 24.3 Å². The Balaban J connectivity index is 1.55. The van der Waals surface area contributed by atoms with Gasteiger partial charge in [-0.1, -0.05) is 18.2 Å². The molecule has 10 nitrogen and oxygen atoms in total. The summed E-state index contributed by atoms with van der Waals surface area (Å²) in [5.41, 5.74) is 2.20. The van der Waals surface area contributed by atoms with Crippen LogP contribution in [-0.4, -0.2) is 61.9 Å². The molecule has 212 valence electrons. The maximum atomic E-state index is 13.4. The second-order valence-corrected chi connectivity index (χ2v) is 9.43. The highest BCUT2D eigenvalue weighted by molar-refractivity contribution is 5.94. The third-order valence-corrected chi connectivity index (χ3v) is 6.87. The van der Waals surface area contributed by atoms with Gasteiger partial charge in [0.1, 0.15) is 6.10 Å². The van der Waals surface area contributed by atoms with Gasteiger partial charge in [0.2, 0.25) is 11.8 Å². The zero-order valence-electron chi connectivity index (χ0n) is 23.4. The molecule has 1 saturated carbocycles. The fourth-order valence-electron chi connectivity index (χ4n) is 4.97. The van der Waals surface area contributed by atoms with Gasteiger partial charge in [0.15, 0.2) is 17.3 Å². The highest BCUT2D eigenvalue weighted by Crippen LogP contribution is 2.39. The van der Waals surface area contributed by atoms with Gasteiger partial charge in [0.05, 0.1) is 34.0 Å². The van der Waals surface area contributed by atoms with Crippen molar-refractivity contribution in [1.82, 2.24) is 15.3 Å². The summed E-state index contributed by atoms with van der Waals surface area (Å²) < 4.78 is 27.3. The summed E-state index contributed by atoms with van der Waals surface area (Å²) in [6.07, 6.45) is 1.66. The summed E-state index contributed by atoms with van der Waals surface area (Å²) in [4.78, 5) is 33.8. The molecule has 2 aromatic carbocycles. The Labute approximate surface area is 234 Å². The van der Waals surface area contributed by atoms with Crippen molar-refractivity contribution >= 4 is 11.9 Å². The Morgan fingerprint density at radius 2 is 1.60 bits per heavy atom. The van der Waals surface area contributed by atoms with Gasteiger partial charge in [-0.2, -0.15) is 9.97 Å². The second-order valence-electron chi connectivity index (χ2n) is 9.43. The van der Waals surface area contributed by atoms with E-state index >= 15 is 0 Å². The minimum Gasteiger partial charge on any atom is -0.493 e. The maximum Gasteiger partial charge on any atom is 0.302 e. The number of rotatable bonds is 10. The Morgan fingerprint density at radius 3 is 2.20 bits per heavy atom. The summed E-state index contributed by atoms with van der Waals surface area (Å²) >= 11 is 0. The Hall–Kier alpha value is -4.34. The van der Waals surface area contributed by atoms with Gasteiger partial charge in [-0.25, -0.2) is 0 Å². The van der Waals surface area contributed by atoms with E-state index in [-0.39, 0.29) is 29.9 Å². The molecule has 3 unspecified atom stereocenters. The van der Waals surface area contributed by atoms with Gasteiger partial charge in [-0.15, -0.1) is 0 Å². The molecule has 1 heterocycles. The number of methoxy groups -OCH3 is 3. The molecule has 1 aromatic heterocycles. The van der Waals surface area contributed by atoms with Crippen molar-refractivity contribution in [2.75, 3.05) is 27.9 Å². The summed E-state index contributed by atoms with van der Waals surface area (Å²) in [6, 6.07) is 14.2. The van der Waals surface area contributed by atoms with Crippen molar-refractivity contribution in [2.24, 2.45) is 0 Å². The van der Waals surface area contributed by atoms with Crippen molar-refractivity contribution < 1.29 is 33.3 Å². The smallest absolute Gasteiger partial charge is 0.302 e. The van der Waals surface area contributed by atoms with Crippen LogP contribution in [-0.2, 0) is 9.53 Å². The van der Waals surface area contributed by atoms with Crippen LogP contribution in [0.1, 0.15) is 54.9 Å². The van der Waals surface area contributed by atoms with Gasteiger partial charge in [-0.3, -0.25) is 9.59 Å². The fourth-order valence-corrected chi connectivity index (χ4v) is 4.97. The molecule has 1 aliphatic rings. The molecule has 1 N–H and O–H groups in total. The predicted octanol–water partition coefficient (Wildman–Crippen LogP) is 4.57. The first kappa shape index (κ1) is 28.7. The first-order chi connectivity index (χ1) is 19.3. The number of hydrogen-bond donors (Lipinski definition) is 1. The number of esters is 1. The number of benzene rings is 2. The fraction of sp³-hybridized carbons (Fsp3) is 0.400. The molecule has 0 saturated heterocycles. The number of nitrogens with zero attached hydrogens (tertiary/aromatic N) is 2. The second kappa shape index (κ2) is 13.1. The molecule has 1 amide bonds. The van der Waals surface area contributed by atoms with Gasteiger partial charge < -0.3 is 29.0 Å². The van der Waals surface area contributed by atoms with Crippen LogP contribution in [0.3, 0.4) is 0 Å². The van der Waals surface area contributed by atoms with Gasteiger partial charge in [0, 0.05) is 30.0 Å². The quantitative estimate of drug-likeness (QED) is 0.363. The molecule has 3 aromatic rings. The number of carbonyl (C=O) groups is 2. The molecule has 0 bridgehead atoms. The summed E-state index contributed by atoms with van der Waals surface area (Å²) in [7, 11) is 4.64. The van der Waals surface area contributed by atoms with E-state index in [9.17, 15) is 9.59 Å². The predicted molar refractivity (Wildman–Crippen MR) is 148 cm³/mol. The lowest BCUT2D eigenvalue weighted by Gasteiger charge is -2.36. The lowest BCUT2D eigenvalue weighted by Crippen LogP contribution is -2.44. The molecular formula is C30H35N3O7. The van der Waals surface area contributed by atoms with Gasteiger partial charge >= 0.3 is 5.97 Å². The summed E-state index contributed by atoms with van der Waals surface area (Å²) in [5.74, 6) is 1.85. The van der Waals surface area contributed by atoms with E-state index in [1.807, 2.05) is 25.1 Å². The van der Waals surface area contributed by atoms with Crippen LogP contribution in [0.5, 0.6) is 23.3 Å². The lowest BCUT2D eigenvalue weighted by atomic mass is 9.78. The normalized spacial score (nSPS) is 18.4. The van der Waals surface area contributed by atoms with Crippen LogP contribution in [0.25, 0.3) is 11.4 Å². The number of ether oxygens (including phenoxy) is 5. The Morgan fingerprint density at radius 1 is 0.900 bits per heavy atom. The van der Waals surface area contributed by atoms with Crippen LogP contribution >= 0.6 is 0 Å². The van der Waals surface area contributed by atoms with E-state index in [2.05, 4.69) is 15.3 Å². The molecule has 4 rings (SSSR count). The average Bonchev–Trinajstić information content (AvgIpc) is 2.97. The number of aromatic nitrogens is 2. The van der Waals surface area contributed by atoms with Crippen LogP contribution in [0, 0.1) is 0 Å². The Bertz CT molecular complexity index is 1310. The molecular weight excluding hydrogens is 514 g/mol. The van der Waals surface area contributed by atoms with Crippen molar-refractivity contribution in [3.8, 4) is 34.6 Å². The standard InChI is InChI=1S/C30H35N3O7/c1-6-39-26-15-21(11-14-25(26)36-3)23-16-22(40-18(2)34)12-13-24(23)31-30(35)20-9-7-19(8-10-20)29-32-27(37-4)17-28(33-29)38-5/h7-11,14-15,17,22-24H,6,12-13,16H2,1-5H3,(H,31,35). The van der Waals surface area contributed by atoms with Crippen molar-refractivity contribution in [2.45, 2.75) is 51.2 Å². The number of amides is 1. The van der Waals surface area contributed by atoms with Gasteiger partial charge in [-0.05, 0) is 56.0 Å². The van der Waals surface area contributed by atoms with Crippen molar-refractivity contribution in [3.63, 3.8) is 0 Å². The molecule has 40 heavy (non-hydrogen) atoms. The molecule has 1 fully saturated rings. The molecule has 1 aliphatic carbocycles. The first-order valence-electron chi connectivity index (χ1n) is 13.2. The van der Waals surface area contributed by atoms with E-state index < -0.39 is 0 Å². The summed E-state index contributed by atoms with van der Waals surface area (Å²) in [5, 5.41) is 3.21. The minimum atomic E-state index is -0.311. The van der Waals surface area contributed by atoms with Crippen LogP contribution in [0.4, 0.5) is 0 Å². The molecule has 0 spiro atoms. The number of carbonyl (C=O) groups excluding carboxylic acids is 2. The SMILES string of the molecule is CCOc1cc(C2CC(OC(C)=O)CCC2NC(=O)c2ccc(-c3nc(OC)cc(OC)n3)cc2)ccc1OC. The van der Waals surface area contributed by atoms with Crippen molar-refractivity contribution in [1.29, 1.82) is 0 Å². The zero-order chi connectivity index (χ0) is 28.6. The molecule has 0 radical (unpaired) electrons. The van der Waals surface area contributed by atoms with E-state index in [0.717, 1.165) is 11.1 Å². The van der Waals surface area contributed by atoms with E-state index in [1.165, 1.54) is 21.1 Å². The van der Waals surface area contributed by atoms with Gasteiger partial charge in [0.25, 0.3) is 5.91 Å². The highest BCUT2D eigenvalue weighted by Gasteiger charge is 2.34. The zero-order valence-corrected chi connectivity index (χ0v) is 23.4. The largest absolute Gasteiger partial charge is 0.493 e. The first-order valence-corrected chi connectivity index (χ1v) is 13.2. The average molecular weight is 550 g/mol. The van der Waals surface area contributed by atoms with Crippen LogP contribution in [0.15, 0.2) is 48.5 Å². The number of hydrogen-bond acceptors (Lipinski definition) is 9. The monoisotopic (exact) mass is 549 g/mol. The molecule has 3 atom stereocenters. The molecule has 10 heteroatoms. The number of nitrogens with one attached hydrogen (secondary N) is 1. The van der Waals surface area contributed by atoms with E-state index in [0.29, 0.717) is 60.5 Å². The third kappa shape index (κ3) is 6.80. The maximum absolute atomic E-state index is 13.4. The topological polar surface area (TPSA) is 118 Å². The van der Waals surface area contributed by atoms with E-state index in [4.69, 9.17) is 23.7 Å². The summed E-state index contributed by atoms with van der Waals surface area (Å²) in [6.45, 7) is 3.82. The lowest BCUT2D eigenvalue weighted by molar-refractivity contribution is -0.148. The Kier molecular flexibility index (Phi) is 9.42. The van der Waals surface area contributed by atoms with Crippen molar-refractivity contribution in [3.05, 3.63) is 59.7 Å². The van der Waals surface area contributed by atoms with E-state index in [1.54, 1.807) is 37.4 Å². The molecule has 0 aliphatic heterocycles. The van der Waals surface area contributed by atoms with Crippen LogP contribution in [0.2, 0.25) is 0 Å².